The Morgan fingerprint density at radius 1 is 1.26 bits per heavy atom. The molecular formula is C19H24N4O4. The molecule has 0 saturated carbocycles. The number of carbonyl (C=O) groups is 2. The van der Waals surface area contributed by atoms with E-state index in [1.54, 1.807) is 25.1 Å². The third-order valence-electron chi connectivity index (χ3n) is 4.83. The number of amides is 1. The van der Waals surface area contributed by atoms with E-state index in [0.29, 0.717) is 55.8 Å². The van der Waals surface area contributed by atoms with Crippen LogP contribution in [0.2, 0.25) is 0 Å². The van der Waals surface area contributed by atoms with Crippen molar-refractivity contribution in [3.05, 3.63) is 40.4 Å². The second-order valence-corrected chi connectivity index (χ2v) is 6.71. The molecule has 1 saturated heterocycles. The van der Waals surface area contributed by atoms with Crippen LogP contribution in [-0.4, -0.2) is 46.0 Å². The standard InChI is InChI=1S/C19H24N4O4/c1-2-27-19(26)13-7-9-22(10-8-13)12-17-21-15-6-4-3-5-14(15)18(25)23(17)11-16(20)24/h3-6,13H,2,7-12H2,1H3,(H2,20,24). The molecule has 1 aromatic heterocycles. The Labute approximate surface area is 156 Å². The van der Waals surface area contributed by atoms with Gasteiger partial charge in [0, 0.05) is 0 Å². The third kappa shape index (κ3) is 4.33. The Bertz CT molecular complexity index is 900. The molecule has 144 valence electrons. The Morgan fingerprint density at radius 2 is 1.96 bits per heavy atom. The zero-order valence-corrected chi connectivity index (χ0v) is 15.4. The van der Waals surface area contributed by atoms with Gasteiger partial charge < -0.3 is 10.5 Å². The van der Waals surface area contributed by atoms with Gasteiger partial charge in [0.15, 0.2) is 0 Å². The van der Waals surface area contributed by atoms with Crippen molar-refractivity contribution in [1.29, 1.82) is 0 Å². The molecule has 0 unspecified atom stereocenters. The SMILES string of the molecule is CCOC(=O)C1CCN(Cc2nc3ccccc3c(=O)n2CC(N)=O)CC1. The number of benzene rings is 1. The fraction of sp³-hybridized carbons (Fsp3) is 0.474. The first-order chi connectivity index (χ1) is 13.0. The van der Waals surface area contributed by atoms with Crippen molar-refractivity contribution >= 4 is 22.8 Å². The average Bonchev–Trinajstić information content (AvgIpc) is 2.65. The van der Waals surface area contributed by atoms with E-state index in [1.807, 2.05) is 6.07 Å². The summed E-state index contributed by atoms with van der Waals surface area (Å²) in [5, 5.41) is 0.462. The molecule has 0 radical (unpaired) electrons. The minimum absolute atomic E-state index is 0.0847. The number of carbonyl (C=O) groups excluding carboxylic acids is 2. The molecule has 2 heterocycles. The number of nitrogens with two attached hydrogens (primary N) is 1. The lowest BCUT2D eigenvalue weighted by atomic mass is 9.97. The van der Waals surface area contributed by atoms with E-state index in [9.17, 15) is 14.4 Å². The van der Waals surface area contributed by atoms with Crippen LogP contribution >= 0.6 is 0 Å². The summed E-state index contributed by atoms with van der Waals surface area (Å²) >= 11 is 0. The van der Waals surface area contributed by atoms with Crippen molar-refractivity contribution in [2.45, 2.75) is 32.9 Å². The molecule has 27 heavy (non-hydrogen) atoms. The molecule has 1 amide bonds. The van der Waals surface area contributed by atoms with Crippen LogP contribution in [0.25, 0.3) is 10.9 Å². The minimum atomic E-state index is -0.587. The van der Waals surface area contributed by atoms with Gasteiger partial charge in [-0.1, -0.05) is 12.1 Å². The van der Waals surface area contributed by atoms with E-state index < -0.39 is 5.91 Å². The van der Waals surface area contributed by atoms with Crippen LogP contribution in [0.1, 0.15) is 25.6 Å². The molecule has 0 bridgehead atoms. The van der Waals surface area contributed by atoms with Gasteiger partial charge in [-0.2, -0.15) is 0 Å². The number of hydrogen-bond donors (Lipinski definition) is 1. The van der Waals surface area contributed by atoms with Crippen LogP contribution in [0.15, 0.2) is 29.1 Å². The molecule has 0 atom stereocenters. The molecule has 0 spiro atoms. The van der Waals surface area contributed by atoms with Crippen molar-refractivity contribution in [2.24, 2.45) is 11.7 Å². The van der Waals surface area contributed by atoms with Gasteiger partial charge in [0.05, 0.1) is 30.0 Å². The Hall–Kier alpha value is -2.74. The molecule has 1 aliphatic rings. The van der Waals surface area contributed by atoms with Crippen molar-refractivity contribution in [3.63, 3.8) is 0 Å². The quantitative estimate of drug-likeness (QED) is 0.746. The smallest absolute Gasteiger partial charge is 0.309 e. The maximum absolute atomic E-state index is 12.8. The van der Waals surface area contributed by atoms with E-state index in [-0.39, 0.29) is 24.0 Å². The highest BCUT2D eigenvalue weighted by molar-refractivity contribution is 5.78. The van der Waals surface area contributed by atoms with E-state index in [2.05, 4.69) is 9.88 Å². The van der Waals surface area contributed by atoms with Crippen LogP contribution in [0.3, 0.4) is 0 Å². The lowest BCUT2D eigenvalue weighted by molar-refractivity contribution is -0.149. The molecule has 1 fully saturated rings. The lowest BCUT2D eigenvalue weighted by Crippen LogP contribution is -2.39. The monoisotopic (exact) mass is 372 g/mol. The van der Waals surface area contributed by atoms with E-state index in [1.165, 1.54) is 4.57 Å². The number of likely N-dealkylation sites (tertiary alicyclic amines) is 1. The first kappa shape index (κ1) is 19.0. The molecular weight excluding hydrogens is 348 g/mol. The lowest BCUT2D eigenvalue weighted by Gasteiger charge is -2.31. The number of hydrogen-bond acceptors (Lipinski definition) is 6. The number of aromatic nitrogens is 2. The fourth-order valence-electron chi connectivity index (χ4n) is 3.44. The number of rotatable bonds is 6. The highest BCUT2D eigenvalue weighted by atomic mass is 16.5. The number of ether oxygens (including phenoxy) is 1. The Kier molecular flexibility index (Phi) is 5.85. The van der Waals surface area contributed by atoms with E-state index >= 15 is 0 Å². The molecule has 2 N–H and O–H groups in total. The number of esters is 1. The van der Waals surface area contributed by atoms with E-state index in [4.69, 9.17) is 10.5 Å². The minimum Gasteiger partial charge on any atom is -0.466 e. The first-order valence-corrected chi connectivity index (χ1v) is 9.15. The van der Waals surface area contributed by atoms with Crippen molar-refractivity contribution in [1.82, 2.24) is 14.5 Å². The van der Waals surface area contributed by atoms with Crippen LogP contribution in [0, 0.1) is 5.92 Å². The molecule has 1 aliphatic heterocycles. The van der Waals surface area contributed by atoms with E-state index in [0.717, 1.165) is 0 Å². The highest BCUT2D eigenvalue weighted by Crippen LogP contribution is 2.20. The average molecular weight is 372 g/mol. The van der Waals surface area contributed by atoms with Crippen molar-refractivity contribution < 1.29 is 14.3 Å². The molecule has 1 aromatic carbocycles. The number of primary amides is 1. The van der Waals surface area contributed by atoms with Gasteiger partial charge in [0.2, 0.25) is 5.91 Å². The predicted molar refractivity (Wildman–Crippen MR) is 99.8 cm³/mol. The summed E-state index contributed by atoms with van der Waals surface area (Å²) in [5.41, 5.74) is 5.66. The van der Waals surface area contributed by atoms with Crippen LogP contribution in [-0.2, 0) is 27.4 Å². The molecule has 3 rings (SSSR count). The maximum atomic E-state index is 12.8. The van der Waals surface area contributed by atoms with Gasteiger partial charge >= 0.3 is 5.97 Å². The van der Waals surface area contributed by atoms with Gasteiger partial charge in [-0.3, -0.25) is 23.9 Å². The molecule has 8 nitrogen and oxygen atoms in total. The van der Waals surface area contributed by atoms with Gasteiger partial charge in [0.25, 0.3) is 5.56 Å². The third-order valence-corrected chi connectivity index (χ3v) is 4.83. The van der Waals surface area contributed by atoms with Gasteiger partial charge in [-0.25, -0.2) is 4.98 Å². The normalized spacial score (nSPS) is 15.7. The first-order valence-electron chi connectivity index (χ1n) is 9.15. The second-order valence-electron chi connectivity index (χ2n) is 6.71. The van der Waals surface area contributed by atoms with Crippen molar-refractivity contribution in [2.75, 3.05) is 19.7 Å². The van der Waals surface area contributed by atoms with Gasteiger partial charge in [-0.15, -0.1) is 0 Å². The zero-order chi connectivity index (χ0) is 19.4. The van der Waals surface area contributed by atoms with Crippen LogP contribution in [0.5, 0.6) is 0 Å². The summed E-state index contributed by atoms with van der Waals surface area (Å²) in [7, 11) is 0. The second kappa shape index (κ2) is 8.30. The van der Waals surface area contributed by atoms with Crippen molar-refractivity contribution in [3.8, 4) is 0 Å². The Balaban J connectivity index is 1.81. The van der Waals surface area contributed by atoms with Gasteiger partial charge in [0.1, 0.15) is 12.4 Å². The summed E-state index contributed by atoms with van der Waals surface area (Å²) in [4.78, 5) is 42.8. The maximum Gasteiger partial charge on any atom is 0.309 e. The topological polar surface area (TPSA) is 108 Å². The Morgan fingerprint density at radius 3 is 2.63 bits per heavy atom. The number of fused-ring (bicyclic) bond motifs is 1. The van der Waals surface area contributed by atoms with Gasteiger partial charge in [-0.05, 0) is 45.0 Å². The molecule has 2 aromatic rings. The number of para-hydroxylation sites is 1. The largest absolute Gasteiger partial charge is 0.466 e. The summed E-state index contributed by atoms with van der Waals surface area (Å²) in [6, 6.07) is 7.06. The van der Waals surface area contributed by atoms with Crippen LogP contribution < -0.4 is 11.3 Å². The van der Waals surface area contributed by atoms with Crippen LogP contribution in [0.4, 0.5) is 0 Å². The number of nitrogens with zero attached hydrogens (tertiary/aromatic N) is 3. The fourth-order valence-corrected chi connectivity index (χ4v) is 3.44. The molecule has 0 aliphatic carbocycles. The summed E-state index contributed by atoms with van der Waals surface area (Å²) in [6.45, 7) is 3.80. The summed E-state index contributed by atoms with van der Waals surface area (Å²) in [5.74, 6) is -0.311. The number of piperidine rings is 1. The highest BCUT2D eigenvalue weighted by Gasteiger charge is 2.27. The summed E-state index contributed by atoms with van der Waals surface area (Å²) in [6.07, 6.45) is 1.40. The summed E-state index contributed by atoms with van der Waals surface area (Å²) < 4.78 is 6.44. The zero-order valence-electron chi connectivity index (χ0n) is 15.4. The molecule has 8 heteroatoms. The predicted octanol–water partition coefficient (Wildman–Crippen LogP) is 0.657.